The highest BCUT2D eigenvalue weighted by Gasteiger charge is 2.42. The van der Waals surface area contributed by atoms with Crippen molar-refractivity contribution in [1.82, 2.24) is 60.0 Å². The van der Waals surface area contributed by atoms with Crippen LogP contribution in [0.15, 0.2) is 48.0 Å². The third-order valence-corrected chi connectivity index (χ3v) is 18.4. The molecule has 5 aromatic rings. The number of anilines is 4. The van der Waals surface area contributed by atoms with Crippen LogP contribution in [-0.4, -0.2) is 195 Å². The number of aryl methyl sites for hydroxylation is 1. The Bertz CT molecular complexity index is 3030. The van der Waals surface area contributed by atoms with Crippen molar-refractivity contribution in [2.75, 3.05) is 107 Å². The predicted octanol–water partition coefficient (Wildman–Crippen LogP) is 5.03. The fourth-order valence-electron chi connectivity index (χ4n) is 10.9. The Morgan fingerprint density at radius 2 is 1.69 bits per heavy atom. The standard InChI is InChI=1S/C55H79N15O6S/c1-11-13-45(71)39-22-44-49(57-25-39)55(9,10)33-70(44)48(72)32-69-29-35(2)56-28-41(69)31-67-19-20-68(30-36(67)3)53-58-26-40(27-59-53)52(73)66-17-15-65(16-18-66)14-12-21-76-46-24-43-42(23-47(46)77(74,75)54(6,7)8)51(61-34-60-43)62-50-37(4)38(5)63-64-50/h22-27,34-36,41,45,56,71H,11-21,28-33H2,1-10H3,(H2,60,61,62,63,64)/t35-,36?,41-,45?/m1/s1. The van der Waals surface area contributed by atoms with Gasteiger partial charge in [-0.2, -0.15) is 5.10 Å². The van der Waals surface area contributed by atoms with E-state index in [2.05, 4.69) is 78.1 Å². The molecule has 2 amide bonds. The first-order valence-corrected chi connectivity index (χ1v) is 28.8. The Morgan fingerprint density at radius 3 is 2.38 bits per heavy atom. The number of H-pyrrole nitrogens is 1. The Labute approximate surface area is 453 Å². The van der Waals surface area contributed by atoms with Gasteiger partial charge in [-0.25, -0.2) is 28.4 Å². The molecule has 2 unspecified atom stereocenters. The molecule has 0 bridgehead atoms. The molecule has 9 rings (SSSR count). The van der Waals surface area contributed by atoms with Crippen molar-refractivity contribution < 1.29 is 27.9 Å². The number of rotatable bonds is 17. The summed E-state index contributed by atoms with van der Waals surface area (Å²) in [5.41, 5.74) is 5.02. The molecule has 0 saturated carbocycles. The van der Waals surface area contributed by atoms with Gasteiger partial charge in [-0.1, -0.05) is 27.2 Å². The summed E-state index contributed by atoms with van der Waals surface area (Å²) in [6, 6.07) is 5.84. The first-order valence-electron chi connectivity index (χ1n) is 27.4. The molecule has 0 radical (unpaired) electrons. The predicted molar refractivity (Wildman–Crippen MR) is 298 cm³/mol. The number of amides is 2. The van der Waals surface area contributed by atoms with Gasteiger partial charge in [0.25, 0.3) is 5.91 Å². The third kappa shape index (κ3) is 12.1. The number of aliphatic hydroxyl groups excluding tert-OH is 1. The van der Waals surface area contributed by atoms with Crippen LogP contribution in [0.1, 0.15) is 114 Å². The number of aromatic amines is 1. The number of hydrogen-bond acceptors (Lipinski definition) is 18. The Morgan fingerprint density at radius 1 is 0.935 bits per heavy atom. The molecule has 4 aromatic heterocycles. The lowest BCUT2D eigenvalue weighted by Crippen LogP contribution is -2.63. The van der Waals surface area contributed by atoms with Gasteiger partial charge in [0.05, 0.1) is 46.5 Å². The quantitative estimate of drug-likeness (QED) is 0.0895. The fourth-order valence-corrected chi connectivity index (χ4v) is 12.3. The lowest BCUT2D eigenvalue weighted by molar-refractivity contribution is -0.120. The number of nitrogens with zero attached hydrogens (tertiary/aromatic N) is 12. The first kappa shape index (κ1) is 55.8. The van der Waals surface area contributed by atoms with Crippen LogP contribution in [0.4, 0.5) is 23.3 Å². The number of aromatic nitrogens is 7. The van der Waals surface area contributed by atoms with Gasteiger partial charge in [-0.15, -0.1) is 0 Å². The highest BCUT2D eigenvalue weighted by atomic mass is 32.2. The number of aliphatic hydroxyl groups is 1. The van der Waals surface area contributed by atoms with Gasteiger partial charge in [-0.3, -0.25) is 34.4 Å². The molecule has 4 atom stereocenters. The Kier molecular flexibility index (Phi) is 16.5. The number of carbonyl (C=O) groups is 2. The van der Waals surface area contributed by atoms with Crippen molar-refractivity contribution in [2.24, 2.45) is 0 Å². The van der Waals surface area contributed by atoms with Gasteiger partial charge in [0.15, 0.2) is 15.7 Å². The summed E-state index contributed by atoms with van der Waals surface area (Å²) in [5, 5.41) is 25.5. The minimum Gasteiger partial charge on any atom is -0.492 e. The normalized spacial score (nSPS) is 21.1. The lowest BCUT2D eigenvalue weighted by atomic mass is 9.91. The summed E-state index contributed by atoms with van der Waals surface area (Å²) < 4.78 is 33.1. The Hall–Kier alpha value is -5.91. The van der Waals surface area contributed by atoms with Crippen molar-refractivity contribution >= 4 is 55.8 Å². The van der Waals surface area contributed by atoms with E-state index in [-0.39, 0.29) is 52.6 Å². The van der Waals surface area contributed by atoms with Gasteiger partial charge in [0.2, 0.25) is 11.9 Å². The fraction of sp³-hybridized carbons (Fsp3) is 0.600. The smallest absolute Gasteiger partial charge is 0.257 e. The van der Waals surface area contributed by atoms with Crippen LogP contribution >= 0.6 is 0 Å². The van der Waals surface area contributed by atoms with Crippen molar-refractivity contribution in [3.63, 3.8) is 0 Å². The van der Waals surface area contributed by atoms with E-state index in [0.717, 1.165) is 73.9 Å². The minimum atomic E-state index is -3.83. The number of carbonyl (C=O) groups excluding carboxylic acids is 2. The molecule has 1 aromatic carbocycles. The van der Waals surface area contributed by atoms with E-state index < -0.39 is 20.7 Å². The molecule has 77 heavy (non-hydrogen) atoms. The molecule has 22 heteroatoms. The molecule has 21 nitrogen and oxygen atoms in total. The number of nitrogens with one attached hydrogen (secondary N) is 3. The summed E-state index contributed by atoms with van der Waals surface area (Å²) in [6.07, 6.45) is 8.03. The van der Waals surface area contributed by atoms with E-state index in [1.54, 1.807) is 51.5 Å². The molecule has 0 spiro atoms. The highest BCUT2D eigenvalue weighted by molar-refractivity contribution is 7.92. The van der Waals surface area contributed by atoms with Crippen LogP contribution < -0.4 is 25.2 Å². The average molecular weight is 1080 g/mol. The van der Waals surface area contributed by atoms with E-state index in [9.17, 15) is 23.1 Å². The monoisotopic (exact) mass is 1080 g/mol. The van der Waals surface area contributed by atoms with Crippen LogP contribution in [0.25, 0.3) is 10.9 Å². The average Bonchev–Trinajstić information content (AvgIpc) is 3.97. The van der Waals surface area contributed by atoms with Gasteiger partial charge in [-0.05, 0) is 73.4 Å². The van der Waals surface area contributed by atoms with Gasteiger partial charge < -0.3 is 35.2 Å². The van der Waals surface area contributed by atoms with Crippen LogP contribution in [-0.2, 0) is 20.0 Å². The van der Waals surface area contributed by atoms with Crippen molar-refractivity contribution in [3.8, 4) is 5.75 Å². The maximum Gasteiger partial charge on any atom is 0.257 e. The molecule has 8 heterocycles. The first-order chi connectivity index (χ1) is 36.6. The number of sulfone groups is 1. The third-order valence-electron chi connectivity index (χ3n) is 15.9. The van der Waals surface area contributed by atoms with Gasteiger partial charge >= 0.3 is 0 Å². The number of benzene rings is 1. The van der Waals surface area contributed by atoms with E-state index in [1.165, 1.54) is 6.33 Å². The second-order valence-electron chi connectivity index (χ2n) is 23.2. The van der Waals surface area contributed by atoms with Crippen LogP contribution in [0.5, 0.6) is 5.75 Å². The molecule has 3 fully saturated rings. The zero-order valence-electron chi connectivity index (χ0n) is 46.6. The molecular weight excluding hydrogens is 999 g/mol. The largest absolute Gasteiger partial charge is 0.492 e. The number of fused-ring (bicyclic) bond motifs is 2. The number of piperazine rings is 3. The number of ether oxygens (including phenoxy) is 1. The van der Waals surface area contributed by atoms with Crippen molar-refractivity contribution in [2.45, 2.75) is 128 Å². The Balaban J connectivity index is 0.745. The summed E-state index contributed by atoms with van der Waals surface area (Å²) in [4.78, 5) is 64.1. The molecule has 4 aliphatic heterocycles. The molecular formula is C55H79N15O6S. The number of pyridine rings is 1. The van der Waals surface area contributed by atoms with E-state index in [4.69, 9.17) is 19.7 Å². The van der Waals surface area contributed by atoms with Crippen molar-refractivity contribution in [1.29, 1.82) is 0 Å². The molecule has 416 valence electrons. The zero-order valence-corrected chi connectivity index (χ0v) is 47.5. The molecule has 4 N–H and O–H groups in total. The topological polar surface area (TPSA) is 234 Å². The zero-order chi connectivity index (χ0) is 55.0. The maximum absolute atomic E-state index is 14.2. The van der Waals surface area contributed by atoms with Crippen LogP contribution in [0.3, 0.4) is 0 Å². The van der Waals surface area contributed by atoms with E-state index in [0.29, 0.717) is 92.7 Å². The summed E-state index contributed by atoms with van der Waals surface area (Å²) in [6.45, 7) is 28.6. The molecule has 3 saturated heterocycles. The van der Waals surface area contributed by atoms with Gasteiger partial charge in [0.1, 0.15) is 22.8 Å². The molecule has 4 aliphatic rings. The second kappa shape index (κ2) is 22.8. The second-order valence-corrected chi connectivity index (χ2v) is 25.9. The SMILES string of the molecule is CCCC(O)c1cnc2c(c1)N(C(=O)CN1C[C@@H](C)NC[C@@H]1CN1CCN(c3ncc(C(=O)N4CCN(CCCOc5cc6ncnc(Nc7n[nH]c(C)c7C)c6cc5S(=O)(=O)C(C)(C)C)CC4)cn3)CC1C)CC2(C)C. The summed E-state index contributed by atoms with van der Waals surface area (Å²) in [5.74, 6) is 1.85. The minimum absolute atomic E-state index is 0.0565. The lowest BCUT2D eigenvalue weighted by Gasteiger charge is -2.45. The summed E-state index contributed by atoms with van der Waals surface area (Å²) in [7, 11) is -3.83. The molecule has 0 aliphatic carbocycles. The van der Waals surface area contributed by atoms with Crippen molar-refractivity contribution in [3.05, 3.63) is 71.2 Å². The van der Waals surface area contributed by atoms with E-state index >= 15 is 0 Å². The van der Waals surface area contributed by atoms with Gasteiger partial charge in [0, 0.05) is 149 Å². The maximum atomic E-state index is 14.2. The highest BCUT2D eigenvalue weighted by Crippen LogP contribution is 2.41. The van der Waals surface area contributed by atoms with E-state index in [1.807, 2.05) is 36.6 Å². The summed E-state index contributed by atoms with van der Waals surface area (Å²) >= 11 is 0. The van der Waals surface area contributed by atoms with Crippen LogP contribution in [0.2, 0.25) is 0 Å². The number of hydrogen-bond donors (Lipinski definition) is 4. The van der Waals surface area contributed by atoms with Crippen LogP contribution in [0, 0.1) is 13.8 Å².